The van der Waals surface area contributed by atoms with E-state index in [2.05, 4.69) is 31.2 Å². The average Bonchev–Trinajstić information content (AvgIpc) is 3.18. The Morgan fingerprint density at radius 1 is 0.704 bits per heavy atom. The number of methoxy groups -OCH3 is 2. The lowest BCUT2D eigenvalue weighted by molar-refractivity contribution is 0.102. The van der Waals surface area contributed by atoms with E-state index in [-0.39, 0.29) is 51.7 Å². The van der Waals surface area contributed by atoms with E-state index in [1.54, 1.807) is 36.2 Å². The first-order valence-electron chi connectivity index (χ1n) is 17.5. The fourth-order valence-electron chi connectivity index (χ4n) is 6.27. The van der Waals surface area contributed by atoms with Crippen molar-refractivity contribution in [3.8, 4) is 11.5 Å². The number of hydrogen-bond acceptors (Lipinski definition) is 12. The zero-order valence-electron chi connectivity index (χ0n) is 30.4. The third kappa shape index (κ3) is 9.69. The molecule has 16 heteroatoms. The Balaban J connectivity index is 0.000000210. The maximum atomic E-state index is 13.6. The zero-order chi connectivity index (χ0) is 38.8. The second kappa shape index (κ2) is 18.1. The van der Waals surface area contributed by atoms with Crippen molar-refractivity contribution >= 4 is 40.9 Å². The van der Waals surface area contributed by atoms with Gasteiger partial charge in [0.05, 0.1) is 36.5 Å². The molecule has 2 aliphatic heterocycles. The summed E-state index contributed by atoms with van der Waals surface area (Å²) in [5.74, 6) is -0.0442. The van der Waals surface area contributed by atoms with Crippen molar-refractivity contribution in [1.29, 1.82) is 0 Å². The molecule has 2 aliphatic rings. The first-order valence-corrected chi connectivity index (χ1v) is 17.5. The number of halogens is 2. The molecule has 0 spiro atoms. The molecule has 0 unspecified atom stereocenters. The van der Waals surface area contributed by atoms with Crippen LogP contribution in [0.15, 0.2) is 60.7 Å². The Kier molecular flexibility index (Phi) is 13.2. The Labute approximate surface area is 312 Å². The second-order valence-electron chi connectivity index (χ2n) is 12.7. The number of anilines is 4. The van der Waals surface area contributed by atoms with E-state index >= 15 is 0 Å². The number of piperidine rings is 2. The number of nitrogen functional groups attached to an aromatic ring is 2. The van der Waals surface area contributed by atoms with Crippen LogP contribution in [-0.2, 0) is 0 Å². The summed E-state index contributed by atoms with van der Waals surface area (Å²) in [6.07, 6.45) is 3.55. The molecule has 2 fully saturated rings. The number of nitrogens with one attached hydrogen (secondary N) is 4. The Morgan fingerprint density at radius 3 is 1.56 bits per heavy atom. The molecule has 0 bridgehead atoms. The van der Waals surface area contributed by atoms with Crippen LogP contribution in [-0.4, -0.2) is 92.0 Å². The number of aromatic nitrogens is 2. The van der Waals surface area contributed by atoms with E-state index in [4.69, 9.17) is 20.9 Å². The number of hydrogen-bond donors (Lipinski definition) is 6. The summed E-state index contributed by atoms with van der Waals surface area (Å²) >= 11 is 0. The highest BCUT2D eigenvalue weighted by atomic mass is 19.1. The Morgan fingerprint density at radius 2 is 1.15 bits per heavy atom. The molecule has 0 radical (unpaired) electrons. The summed E-state index contributed by atoms with van der Waals surface area (Å²) in [6.45, 7) is 3.21. The fraction of sp³-hybridized carbons (Fsp3) is 0.342. The summed E-state index contributed by atoms with van der Waals surface area (Å²) in [5.41, 5.74) is 12.6. The third-order valence-corrected chi connectivity index (χ3v) is 9.19. The van der Waals surface area contributed by atoms with Crippen molar-refractivity contribution in [3.05, 3.63) is 94.6 Å². The van der Waals surface area contributed by atoms with Crippen LogP contribution in [0.5, 0.6) is 11.5 Å². The molecule has 0 saturated carbocycles. The van der Waals surface area contributed by atoms with Gasteiger partial charge >= 0.3 is 6.03 Å². The van der Waals surface area contributed by atoms with Crippen molar-refractivity contribution in [2.24, 2.45) is 0 Å². The summed E-state index contributed by atoms with van der Waals surface area (Å²) in [4.78, 5) is 47.5. The summed E-state index contributed by atoms with van der Waals surface area (Å²) < 4.78 is 37.4. The molecule has 0 atom stereocenters. The molecular formula is C38H45F2N9O5. The number of benzene rings is 2. The molecule has 54 heavy (non-hydrogen) atoms. The number of carbonyl (C=O) groups excluding carboxylic acids is 3. The van der Waals surface area contributed by atoms with E-state index < -0.39 is 23.2 Å². The first kappa shape index (κ1) is 39.2. The molecule has 2 amide bonds. The van der Waals surface area contributed by atoms with Crippen molar-refractivity contribution in [2.75, 3.05) is 69.5 Å². The van der Waals surface area contributed by atoms with Crippen LogP contribution in [0.1, 0.15) is 57.5 Å². The smallest absolute Gasteiger partial charge is 0.317 e. The minimum Gasteiger partial charge on any atom is -0.496 e. The first-order chi connectivity index (χ1) is 26.0. The fourth-order valence-corrected chi connectivity index (χ4v) is 6.27. The molecule has 2 aromatic carbocycles. The van der Waals surface area contributed by atoms with Gasteiger partial charge in [0.1, 0.15) is 46.4 Å². The maximum absolute atomic E-state index is 13.6. The van der Waals surface area contributed by atoms with Gasteiger partial charge in [0.15, 0.2) is 0 Å². The second-order valence-corrected chi connectivity index (χ2v) is 12.7. The van der Waals surface area contributed by atoms with Gasteiger partial charge in [-0.05, 0) is 99.4 Å². The van der Waals surface area contributed by atoms with Gasteiger partial charge in [-0.2, -0.15) is 0 Å². The normalized spacial score (nSPS) is 14.6. The van der Waals surface area contributed by atoms with E-state index in [0.29, 0.717) is 36.5 Å². The van der Waals surface area contributed by atoms with Gasteiger partial charge in [-0.15, -0.1) is 0 Å². The van der Waals surface area contributed by atoms with Gasteiger partial charge in [-0.25, -0.2) is 23.5 Å². The van der Waals surface area contributed by atoms with Crippen molar-refractivity contribution < 1.29 is 32.6 Å². The minimum absolute atomic E-state index is 0.0501. The van der Waals surface area contributed by atoms with Crippen LogP contribution in [0.3, 0.4) is 0 Å². The molecular weight excluding hydrogens is 700 g/mol. The monoisotopic (exact) mass is 745 g/mol. The average molecular weight is 746 g/mol. The Bertz CT molecular complexity index is 1970. The van der Waals surface area contributed by atoms with Crippen LogP contribution in [0.4, 0.5) is 36.8 Å². The van der Waals surface area contributed by atoms with E-state index in [1.165, 1.54) is 38.5 Å². The number of ketones is 2. The lowest BCUT2D eigenvalue weighted by atomic mass is 10.0. The van der Waals surface area contributed by atoms with Gasteiger partial charge in [0.2, 0.25) is 11.6 Å². The Hall–Kier alpha value is -6.03. The van der Waals surface area contributed by atoms with Gasteiger partial charge in [0, 0.05) is 32.2 Å². The van der Waals surface area contributed by atoms with Gasteiger partial charge in [-0.3, -0.25) is 9.59 Å². The topological polar surface area (TPSA) is 199 Å². The molecule has 4 heterocycles. The quantitative estimate of drug-likeness (QED) is 0.125. The van der Waals surface area contributed by atoms with Crippen LogP contribution in [0, 0.1) is 11.6 Å². The van der Waals surface area contributed by atoms with Crippen LogP contribution in [0.2, 0.25) is 0 Å². The number of urea groups is 1. The number of carbonyl (C=O) groups is 3. The minimum atomic E-state index is -0.540. The number of ether oxygens (including phenoxy) is 2. The van der Waals surface area contributed by atoms with E-state index in [0.717, 1.165) is 50.9 Å². The summed E-state index contributed by atoms with van der Waals surface area (Å²) in [5, 5.41) is 12.5. The molecule has 2 aromatic heterocycles. The number of likely N-dealkylation sites (tertiary alicyclic amines) is 1. The third-order valence-electron chi connectivity index (χ3n) is 9.19. The lowest BCUT2D eigenvalue weighted by Gasteiger charge is -2.32. The van der Waals surface area contributed by atoms with Crippen LogP contribution in [0.25, 0.3) is 0 Å². The van der Waals surface area contributed by atoms with Crippen molar-refractivity contribution in [1.82, 2.24) is 25.5 Å². The molecule has 0 aliphatic carbocycles. The number of pyridine rings is 2. The maximum Gasteiger partial charge on any atom is 0.317 e. The van der Waals surface area contributed by atoms with Crippen molar-refractivity contribution in [2.45, 2.75) is 37.8 Å². The number of nitrogens with zero attached hydrogens (tertiary/aromatic N) is 3. The van der Waals surface area contributed by atoms with Crippen LogP contribution < -0.4 is 42.2 Å². The lowest BCUT2D eigenvalue weighted by Crippen LogP contribution is -2.45. The van der Waals surface area contributed by atoms with Gasteiger partial charge < -0.3 is 47.1 Å². The highest BCUT2D eigenvalue weighted by molar-refractivity contribution is 6.14. The van der Waals surface area contributed by atoms with Gasteiger partial charge in [0.25, 0.3) is 0 Å². The van der Waals surface area contributed by atoms with Gasteiger partial charge in [-0.1, -0.05) is 0 Å². The molecule has 286 valence electrons. The number of nitrogens with two attached hydrogens (primary N) is 2. The standard InChI is InChI=1S/C20H24FN5O3.C18H21FN4O2/c1-23-20(28)26-9-7-13(8-10-26)24-17-6-4-14(19(22)25-17)18(27)15-11-12(21)3-5-16(15)29-2;1-25-15-4-2-11(19)10-14(15)17(24)13-3-5-16(23-18(13)20)22-12-6-8-21-9-7-12/h3-6,11,13H,7-10H2,1-2H3,(H,23,28)(H3,22,24,25);2-5,10,12,21H,6-9H2,1H3,(H3,20,22,23). The van der Waals surface area contributed by atoms with E-state index in [9.17, 15) is 23.2 Å². The summed E-state index contributed by atoms with van der Waals surface area (Å²) in [7, 11) is 4.45. The molecule has 14 nitrogen and oxygen atoms in total. The molecule has 6 rings (SSSR count). The SMILES string of the molecule is CNC(=O)N1CCC(Nc2ccc(C(=O)c3cc(F)ccc3OC)c(N)n2)CC1.COc1ccc(F)cc1C(=O)c1ccc(NC2CCNCC2)nc1N. The number of rotatable bonds is 10. The molecule has 4 aromatic rings. The van der Waals surface area contributed by atoms with Crippen molar-refractivity contribution in [3.63, 3.8) is 0 Å². The number of amides is 2. The zero-order valence-corrected chi connectivity index (χ0v) is 30.4. The summed E-state index contributed by atoms with van der Waals surface area (Å²) in [6, 6.07) is 14.5. The van der Waals surface area contributed by atoms with Crippen LogP contribution >= 0.6 is 0 Å². The highest BCUT2D eigenvalue weighted by Crippen LogP contribution is 2.27. The molecule has 8 N–H and O–H groups in total. The predicted molar refractivity (Wildman–Crippen MR) is 202 cm³/mol. The molecule has 2 saturated heterocycles. The largest absolute Gasteiger partial charge is 0.496 e. The predicted octanol–water partition coefficient (Wildman–Crippen LogP) is 4.46. The van der Waals surface area contributed by atoms with E-state index in [1.807, 2.05) is 0 Å². The highest BCUT2D eigenvalue weighted by Gasteiger charge is 2.24.